The number of β-amino-alcohol motifs (C(OH)–C–C–N with tert-alkyl or cyclic N) is 1. The van der Waals surface area contributed by atoms with Crippen LogP contribution in [0.15, 0.2) is 0 Å². The maximum absolute atomic E-state index is 11.8. The molecule has 0 radical (unpaired) electrons. The first-order valence-electron chi connectivity index (χ1n) is 5.66. The highest BCUT2D eigenvalue weighted by Crippen LogP contribution is 2.30. The molecular formula is C11H19NO3. The number of rotatable bonds is 2. The fraction of sp³-hybridized carbons (Fsp3) is 0.909. The standard InChI is InChI=1S/C11H19NO3/c1-8(2)11(14)6-12(7-11)10(13)9-4-3-5-15-9/h8-9,14H,3-7H2,1-2H3. The molecule has 4 nitrogen and oxygen atoms in total. The van der Waals surface area contributed by atoms with Gasteiger partial charge in [-0.1, -0.05) is 13.8 Å². The molecule has 0 aliphatic carbocycles. The van der Waals surface area contributed by atoms with E-state index in [1.807, 2.05) is 13.8 Å². The van der Waals surface area contributed by atoms with Crippen molar-refractivity contribution in [3.05, 3.63) is 0 Å². The van der Waals surface area contributed by atoms with Gasteiger partial charge in [0.2, 0.25) is 0 Å². The summed E-state index contributed by atoms with van der Waals surface area (Å²) in [6.45, 7) is 5.58. The zero-order valence-corrected chi connectivity index (χ0v) is 9.40. The Hall–Kier alpha value is -0.610. The molecule has 86 valence electrons. The lowest BCUT2D eigenvalue weighted by Gasteiger charge is -2.49. The Morgan fingerprint density at radius 2 is 2.20 bits per heavy atom. The van der Waals surface area contributed by atoms with Gasteiger partial charge in [-0.2, -0.15) is 0 Å². The molecule has 1 N–H and O–H groups in total. The number of ether oxygens (including phenoxy) is 1. The van der Waals surface area contributed by atoms with Crippen molar-refractivity contribution in [2.75, 3.05) is 19.7 Å². The fourth-order valence-electron chi connectivity index (χ4n) is 2.11. The van der Waals surface area contributed by atoms with Crippen LogP contribution < -0.4 is 0 Å². The summed E-state index contributed by atoms with van der Waals surface area (Å²) in [5, 5.41) is 10.0. The highest BCUT2D eigenvalue weighted by atomic mass is 16.5. The second-order valence-corrected chi connectivity index (χ2v) is 4.95. The second kappa shape index (κ2) is 3.76. The number of carbonyl (C=O) groups is 1. The van der Waals surface area contributed by atoms with Gasteiger partial charge in [0.1, 0.15) is 11.7 Å². The molecule has 0 saturated carbocycles. The number of hydrogen-bond donors (Lipinski definition) is 1. The first-order valence-corrected chi connectivity index (χ1v) is 5.66. The lowest BCUT2D eigenvalue weighted by molar-refractivity contribution is -0.171. The van der Waals surface area contributed by atoms with Crippen LogP contribution >= 0.6 is 0 Å². The van der Waals surface area contributed by atoms with E-state index in [-0.39, 0.29) is 17.9 Å². The van der Waals surface area contributed by atoms with E-state index in [4.69, 9.17) is 4.74 Å². The van der Waals surface area contributed by atoms with E-state index in [9.17, 15) is 9.90 Å². The average molecular weight is 213 g/mol. The van der Waals surface area contributed by atoms with Crippen LogP contribution in [0.4, 0.5) is 0 Å². The van der Waals surface area contributed by atoms with E-state index >= 15 is 0 Å². The molecule has 0 aromatic carbocycles. The van der Waals surface area contributed by atoms with Gasteiger partial charge in [0, 0.05) is 6.61 Å². The number of hydrogen-bond acceptors (Lipinski definition) is 3. The quantitative estimate of drug-likeness (QED) is 0.722. The number of aliphatic hydroxyl groups is 1. The van der Waals surface area contributed by atoms with E-state index in [1.165, 1.54) is 0 Å². The Kier molecular flexibility index (Phi) is 2.73. The molecule has 1 amide bonds. The van der Waals surface area contributed by atoms with Crippen molar-refractivity contribution in [3.63, 3.8) is 0 Å². The number of carbonyl (C=O) groups excluding carboxylic acids is 1. The van der Waals surface area contributed by atoms with Crippen molar-refractivity contribution in [2.24, 2.45) is 5.92 Å². The van der Waals surface area contributed by atoms with Crippen LogP contribution in [0, 0.1) is 5.92 Å². The Labute approximate surface area is 90.2 Å². The molecule has 2 fully saturated rings. The van der Waals surface area contributed by atoms with Crippen LogP contribution in [0.1, 0.15) is 26.7 Å². The van der Waals surface area contributed by atoms with Crippen LogP contribution in [0.3, 0.4) is 0 Å². The van der Waals surface area contributed by atoms with Crippen molar-refractivity contribution >= 4 is 5.91 Å². The molecule has 0 bridgehead atoms. The summed E-state index contributed by atoms with van der Waals surface area (Å²) < 4.78 is 5.33. The van der Waals surface area contributed by atoms with E-state index in [1.54, 1.807) is 4.90 Å². The number of likely N-dealkylation sites (tertiary alicyclic amines) is 1. The SMILES string of the molecule is CC(C)C1(O)CN(C(=O)C2CCCO2)C1. The fourth-order valence-corrected chi connectivity index (χ4v) is 2.11. The Balaban J connectivity index is 1.86. The van der Waals surface area contributed by atoms with Gasteiger partial charge in [0.15, 0.2) is 0 Å². The minimum absolute atomic E-state index is 0.0535. The zero-order valence-electron chi connectivity index (χ0n) is 9.40. The minimum Gasteiger partial charge on any atom is -0.386 e. The van der Waals surface area contributed by atoms with Gasteiger partial charge in [0.25, 0.3) is 5.91 Å². The van der Waals surface area contributed by atoms with Gasteiger partial charge in [-0.05, 0) is 18.8 Å². The van der Waals surface area contributed by atoms with Crippen molar-refractivity contribution in [2.45, 2.75) is 38.4 Å². The van der Waals surface area contributed by atoms with Crippen LogP contribution in [0.5, 0.6) is 0 Å². The molecule has 2 aliphatic heterocycles. The third-order valence-electron chi connectivity index (χ3n) is 3.52. The third-order valence-corrected chi connectivity index (χ3v) is 3.52. The number of amides is 1. The topological polar surface area (TPSA) is 49.8 Å². The Morgan fingerprint density at radius 1 is 1.53 bits per heavy atom. The van der Waals surface area contributed by atoms with Crippen LogP contribution in [0.25, 0.3) is 0 Å². The Bertz CT molecular complexity index is 253. The van der Waals surface area contributed by atoms with Crippen molar-refractivity contribution < 1.29 is 14.6 Å². The van der Waals surface area contributed by atoms with E-state index in [2.05, 4.69) is 0 Å². The summed E-state index contributed by atoms with van der Waals surface area (Å²) >= 11 is 0. The summed E-state index contributed by atoms with van der Waals surface area (Å²) in [4.78, 5) is 13.5. The first kappa shape index (κ1) is 10.9. The maximum Gasteiger partial charge on any atom is 0.251 e. The van der Waals surface area contributed by atoms with Gasteiger partial charge in [-0.15, -0.1) is 0 Å². The molecule has 0 spiro atoms. The molecule has 1 atom stereocenters. The molecule has 1 unspecified atom stereocenters. The molecule has 0 aromatic heterocycles. The van der Waals surface area contributed by atoms with Gasteiger partial charge < -0.3 is 14.7 Å². The number of nitrogens with zero attached hydrogens (tertiary/aromatic N) is 1. The van der Waals surface area contributed by atoms with Gasteiger partial charge in [-0.25, -0.2) is 0 Å². The second-order valence-electron chi connectivity index (χ2n) is 4.95. The summed E-state index contributed by atoms with van der Waals surface area (Å²) in [5.41, 5.74) is -0.672. The molecule has 2 rings (SSSR count). The summed E-state index contributed by atoms with van der Waals surface area (Å²) in [7, 11) is 0. The van der Waals surface area contributed by atoms with Crippen molar-refractivity contribution in [1.29, 1.82) is 0 Å². The predicted molar refractivity (Wildman–Crippen MR) is 55.3 cm³/mol. The molecule has 0 aromatic rings. The predicted octanol–water partition coefficient (Wildman–Crippen LogP) is 0.395. The van der Waals surface area contributed by atoms with Crippen LogP contribution in [-0.2, 0) is 9.53 Å². The van der Waals surface area contributed by atoms with Crippen LogP contribution in [-0.4, -0.2) is 47.3 Å². The van der Waals surface area contributed by atoms with E-state index in [0.717, 1.165) is 12.8 Å². The summed E-state index contributed by atoms with van der Waals surface area (Å²) in [6, 6.07) is 0. The smallest absolute Gasteiger partial charge is 0.251 e. The van der Waals surface area contributed by atoms with Crippen molar-refractivity contribution in [1.82, 2.24) is 4.90 Å². The first-order chi connectivity index (χ1) is 7.03. The summed E-state index contributed by atoms with van der Waals surface area (Å²) in [6.07, 6.45) is 1.55. The minimum atomic E-state index is -0.672. The van der Waals surface area contributed by atoms with Crippen LogP contribution in [0.2, 0.25) is 0 Å². The van der Waals surface area contributed by atoms with E-state index < -0.39 is 5.60 Å². The largest absolute Gasteiger partial charge is 0.386 e. The molecule has 2 aliphatic rings. The molecular weight excluding hydrogens is 194 g/mol. The molecule has 4 heteroatoms. The summed E-state index contributed by atoms with van der Waals surface area (Å²) in [5.74, 6) is 0.254. The normalized spacial score (nSPS) is 29.3. The maximum atomic E-state index is 11.8. The van der Waals surface area contributed by atoms with Gasteiger partial charge in [-0.3, -0.25) is 4.79 Å². The zero-order chi connectivity index (χ0) is 11.1. The monoisotopic (exact) mass is 213 g/mol. The molecule has 2 saturated heterocycles. The molecule has 15 heavy (non-hydrogen) atoms. The lowest BCUT2D eigenvalue weighted by Crippen LogP contribution is -2.67. The molecule has 2 heterocycles. The highest BCUT2D eigenvalue weighted by Gasteiger charge is 2.47. The average Bonchev–Trinajstić information content (AvgIpc) is 2.64. The Morgan fingerprint density at radius 3 is 2.67 bits per heavy atom. The van der Waals surface area contributed by atoms with Gasteiger partial charge >= 0.3 is 0 Å². The van der Waals surface area contributed by atoms with Gasteiger partial charge in [0.05, 0.1) is 13.1 Å². The third kappa shape index (κ3) is 1.88. The highest BCUT2D eigenvalue weighted by molar-refractivity contribution is 5.82. The van der Waals surface area contributed by atoms with E-state index in [0.29, 0.717) is 19.7 Å². The van der Waals surface area contributed by atoms with Crippen molar-refractivity contribution in [3.8, 4) is 0 Å². The lowest BCUT2D eigenvalue weighted by atomic mass is 9.82.